The highest BCUT2D eigenvalue weighted by molar-refractivity contribution is 14.1. The molecule has 9 heteroatoms. The first-order valence-electron chi connectivity index (χ1n) is 9.90. The molecule has 1 N–H and O–H groups in total. The van der Waals surface area contributed by atoms with E-state index in [4.69, 9.17) is 9.47 Å². The minimum atomic E-state index is -0.102. The number of hydrogen-bond donors (Lipinski definition) is 1. The summed E-state index contributed by atoms with van der Waals surface area (Å²) in [6.45, 7) is 8.51. The molecule has 3 rings (SSSR count). The van der Waals surface area contributed by atoms with Crippen molar-refractivity contribution in [1.29, 1.82) is 0 Å². The van der Waals surface area contributed by atoms with E-state index in [0.717, 1.165) is 20.4 Å². The Morgan fingerprint density at radius 2 is 2.03 bits per heavy atom. The predicted molar refractivity (Wildman–Crippen MR) is 136 cm³/mol. The number of aromatic nitrogens is 3. The lowest BCUT2D eigenvalue weighted by Gasteiger charge is -2.12. The largest absolute Gasteiger partial charge is 0.493 e. The van der Waals surface area contributed by atoms with Gasteiger partial charge in [0.05, 0.1) is 12.9 Å². The number of ether oxygens (including phenoxy) is 2. The first-order valence-corrected chi connectivity index (χ1v) is 12.0. The number of amides is 1. The van der Waals surface area contributed by atoms with Gasteiger partial charge in [-0.1, -0.05) is 23.9 Å². The van der Waals surface area contributed by atoms with Gasteiger partial charge < -0.3 is 14.8 Å². The van der Waals surface area contributed by atoms with E-state index < -0.39 is 0 Å². The summed E-state index contributed by atoms with van der Waals surface area (Å²) in [7, 11) is 1.61. The van der Waals surface area contributed by atoms with Gasteiger partial charge in [0.1, 0.15) is 6.61 Å². The fourth-order valence-electron chi connectivity index (χ4n) is 2.97. The molecule has 2 aromatic carbocycles. The molecule has 0 radical (unpaired) electrons. The Bertz CT molecular complexity index is 1120. The summed E-state index contributed by atoms with van der Waals surface area (Å²) >= 11 is 3.57. The van der Waals surface area contributed by atoms with Crippen LogP contribution in [-0.4, -0.2) is 33.5 Å². The summed E-state index contributed by atoms with van der Waals surface area (Å²) in [5.41, 5.74) is 2.92. The number of methoxy groups -OCH3 is 1. The van der Waals surface area contributed by atoms with Crippen molar-refractivity contribution in [3.05, 3.63) is 69.6 Å². The van der Waals surface area contributed by atoms with Gasteiger partial charge in [-0.25, -0.2) is 0 Å². The Labute approximate surface area is 205 Å². The van der Waals surface area contributed by atoms with Crippen molar-refractivity contribution in [3.63, 3.8) is 0 Å². The lowest BCUT2D eigenvalue weighted by atomic mass is 10.2. The van der Waals surface area contributed by atoms with Gasteiger partial charge in [-0.05, 0) is 77.9 Å². The number of nitrogens with one attached hydrogen (secondary N) is 1. The number of benzene rings is 2. The van der Waals surface area contributed by atoms with Crippen LogP contribution in [0.1, 0.15) is 17.0 Å². The molecule has 0 saturated carbocycles. The second kappa shape index (κ2) is 11.4. The molecule has 0 aliphatic rings. The average Bonchev–Trinajstić information content (AvgIpc) is 3.15. The van der Waals surface area contributed by atoms with Gasteiger partial charge in [-0.3, -0.25) is 9.36 Å². The van der Waals surface area contributed by atoms with Crippen LogP contribution in [0.15, 0.2) is 54.2 Å². The predicted octanol–water partition coefficient (Wildman–Crippen LogP) is 5.00. The highest BCUT2D eigenvalue weighted by Crippen LogP contribution is 2.29. The Hall–Kier alpha value is -2.53. The molecule has 168 valence electrons. The number of anilines is 1. The number of carbonyl (C=O) groups excluding carboxylic acids is 1. The van der Waals surface area contributed by atoms with Gasteiger partial charge in [0.25, 0.3) is 0 Å². The molecule has 0 unspecified atom stereocenters. The zero-order valence-electron chi connectivity index (χ0n) is 18.2. The van der Waals surface area contributed by atoms with E-state index in [1.54, 1.807) is 13.2 Å². The minimum Gasteiger partial charge on any atom is -0.493 e. The molecule has 0 bridgehead atoms. The second-order valence-electron chi connectivity index (χ2n) is 7.04. The second-order valence-corrected chi connectivity index (χ2v) is 9.23. The Balaban J connectivity index is 1.65. The topological polar surface area (TPSA) is 78.3 Å². The van der Waals surface area contributed by atoms with Gasteiger partial charge in [0.2, 0.25) is 5.91 Å². The third kappa shape index (κ3) is 6.26. The maximum atomic E-state index is 12.5. The van der Waals surface area contributed by atoms with Crippen molar-refractivity contribution in [2.24, 2.45) is 0 Å². The number of aryl methyl sites for hydroxylation is 2. The summed E-state index contributed by atoms with van der Waals surface area (Å²) < 4.78 is 14.3. The van der Waals surface area contributed by atoms with Crippen molar-refractivity contribution in [3.8, 4) is 11.5 Å². The zero-order chi connectivity index (χ0) is 23.1. The molecule has 0 aliphatic carbocycles. The third-order valence-corrected chi connectivity index (χ3v) is 6.21. The van der Waals surface area contributed by atoms with Crippen LogP contribution in [0.2, 0.25) is 0 Å². The van der Waals surface area contributed by atoms with Gasteiger partial charge in [-0.15, -0.1) is 16.8 Å². The number of halogens is 1. The summed E-state index contributed by atoms with van der Waals surface area (Å²) in [5.74, 6) is 2.05. The molecule has 0 atom stereocenters. The van der Waals surface area contributed by atoms with Crippen molar-refractivity contribution in [1.82, 2.24) is 14.8 Å². The summed E-state index contributed by atoms with van der Waals surface area (Å²) in [6, 6.07) is 11.6. The van der Waals surface area contributed by atoms with Crippen molar-refractivity contribution < 1.29 is 14.3 Å². The molecule has 7 nitrogen and oxygen atoms in total. The molecule has 1 amide bonds. The molecule has 0 spiro atoms. The maximum Gasteiger partial charge on any atom is 0.234 e. The first-order chi connectivity index (χ1) is 15.4. The van der Waals surface area contributed by atoms with Crippen molar-refractivity contribution >= 4 is 45.9 Å². The van der Waals surface area contributed by atoms with E-state index in [1.807, 2.05) is 54.8 Å². The summed E-state index contributed by atoms with van der Waals surface area (Å²) in [6.07, 6.45) is 1.76. The first kappa shape index (κ1) is 24.1. The molecular weight excluding hydrogens is 539 g/mol. The van der Waals surface area contributed by atoms with Crippen LogP contribution < -0.4 is 14.8 Å². The SMILES string of the molecule is C=CCn1c(COc2ccc(C)cc2OC)nnc1SCC(=O)Nc1ccc(I)cc1C. The third-order valence-electron chi connectivity index (χ3n) is 4.58. The van der Waals surface area contributed by atoms with Crippen LogP contribution >= 0.6 is 34.4 Å². The molecule has 3 aromatic rings. The standard InChI is InChI=1S/C23H25IN4O3S/c1-5-10-28-21(13-31-19-9-6-15(2)11-20(19)30-4)26-27-23(28)32-14-22(29)25-18-8-7-17(24)12-16(18)3/h5-9,11-12H,1,10,13-14H2,2-4H3,(H,25,29). The Morgan fingerprint density at radius 3 is 2.75 bits per heavy atom. The molecular formula is C23H25IN4O3S. The van der Waals surface area contributed by atoms with E-state index in [2.05, 4.69) is 44.7 Å². The average molecular weight is 564 g/mol. The van der Waals surface area contributed by atoms with Crippen LogP contribution in [0, 0.1) is 17.4 Å². The quantitative estimate of drug-likeness (QED) is 0.212. The summed E-state index contributed by atoms with van der Waals surface area (Å²) in [5, 5.41) is 12.1. The van der Waals surface area contributed by atoms with Gasteiger partial charge in [-0.2, -0.15) is 0 Å². The fourth-order valence-corrected chi connectivity index (χ4v) is 4.38. The lowest BCUT2D eigenvalue weighted by Crippen LogP contribution is -2.15. The number of thioether (sulfide) groups is 1. The van der Waals surface area contributed by atoms with E-state index >= 15 is 0 Å². The minimum absolute atomic E-state index is 0.102. The number of hydrogen-bond acceptors (Lipinski definition) is 6. The monoisotopic (exact) mass is 564 g/mol. The normalized spacial score (nSPS) is 10.6. The maximum absolute atomic E-state index is 12.5. The number of nitrogens with zero attached hydrogens (tertiary/aromatic N) is 3. The molecule has 32 heavy (non-hydrogen) atoms. The molecule has 0 fully saturated rings. The van der Waals surface area contributed by atoms with Crippen molar-refractivity contribution in [2.45, 2.75) is 32.2 Å². The van der Waals surface area contributed by atoms with Crippen molar-refractivity contribution in [2.75, 3.05) is 18.2 Å². The van der Waals surface area contributed by atoms with Crippen LogP contribution in [0.3, 0.4) is 0 Å². The van der Waals surface area contributed by atoms with Gasteiger partial charge in [0, 0.05) is 15.8 Å². The highest BCUT2D eigenvalue weighted by Gasteiger charge is 2.15. The fraction of sp³-hybridized carbons (Fsp3) is 0.261. The Kier molecular flexibility index (Phi) is 8.57. The van der Waals surface area contributed by atoms with Crippen LogP contribution in [-0.2, 0) is 17.9 Å². The molecule has 0 saturated heterocycles. The number of carbonyl (C=O) groups is 1. The molecule has 0 aliphatic heterocycles. The molecule has 1 heterocycles. The van der Waals surface area contributed by atoms with Gasteiger partial charge >= 0.3 is 0 Å². The zero-order valence-corrected chi connectivity index (χ0v) is 21.2. The molecule has 1 aromatic heterocycles. The highest BCUT2D eigenvalue weighted by atomic mass is 127. The lowest BCUT2D eigenvalue weighted by molar-refractivity contribution is -0.113. The van der Waals surface area contributed by atoms with Crippen LogP contribution in [0.4, 0.5) is 5.69 Å². The smallest absolute Gasteiger partial charge is 0.234 e. The van der Waals surface area contributed by atoms with Crippen LogP contribution in [0.25, 0.3) is 0 Å². The van der Waals surface area contributed by atoms with Crippen LogP contribution in [0.5, 0.6) is 11.5 Å². The Morgan fingerprint density at radius 1 is 1.22 bits per heavy atom. The number of allylic oxidation sites excluding steroid dienone is 1. The van der Waals surface area contributed by atoms with E-state index in [1.165, 1.54) is 11.8 Å². The van der Waals surface area contributed by atoms with E-state index in [-0.39, 0.29) is 18.3 Å². The van der Waals surface area contributed by atoms with E-state index in [9.17, 15) is 4.79 Å². The summed E-state index contributed by atoms with van der Waals surface area (Å²) in [4.78, 5) is 12.5. The van der Waals surface area contributed by atoms with Gasteiger partial charge in [0.15, 0.2) is 22.5 Å². The van der Waals surface area contributed by atoms with E-state index in [0.29, 0.717) is 29.0 Å². The number of rotatable bonds is 10.